The molecular weight excluding hydrogens is 228 g/mol. The summed E-state index contributed by atoms with van der Waals surface area (Å²) in [6.45, 7) is 2.07. The van der Waals surface area contributed by atoms with Crippen LogP contribution in [-0.4, -0.2) is 28.5 Å². The zero-order chi connectivity index (χ0) is 12.0. The number of hydrogen-bond donors (Lipinski definition) is 2. The highest BCUT2D eigenvalue weighted by Gasteiger charge is 2.17. The average Bonchev–Trinajstić information content (AvgIpc) is 2.76. The molecule has 88 valence electrons. The Kier molecular flexibility index (Phi) is 4.91. The molecule has 0 aromatic carbocycles. The van der Waals surface area contributed by atoms with Gasteiger partial charge in [0.2, 0.25) is 0 Å². The fraction of sp³-hybridized carbons (Fsp3) is 0.500. The van der Waals surface area contributed by atoms with E-state index in [2.05, 4.69) is 10.3 Å². The van der Waals surface area contributed by atoms with E-state index in [0.29, 0.717) is 12.1 Å². The van der Waals surface area contributed by atoms with Crippen molar-refractivity contribution in [2.45, 2.75) is 19.8 Å². The van der Waals surface area contributed by atoms with Gasteiger partial charge in [0.15, 0.2) is 0 Å². The molecule has 0 saturated heterocycles. The largest absolute Gasteiger partial charge is 0.481 e. The number of hydrogen-bond acceptors (Lipinski definition) is 4. The van der Waals surface area contributed by atoms with Crippen LogP contribution in [0.3, 0.4) is 0 Å². The number of aromatic nitrogens is 1. The molecule has 2 N–H and O–H groups in total. The van der Waals surface area contributed by atoms with Crippen molar-refractivity contribution in [1.82, 2.24) is 10.3 Å². The fourth-order valence-electron chi connectivity index (χ4n) is 1.29. The molecule has 0 saturated carbocycles. The lowest BCUT2D eigenvalue weighted by molar-refractivity contribution is -0.141. The minimum absolute atomic E-state index is 0.152. The van der Waals surface area contributed by atoms with E-state index in [-0.39, 0.29) is 12.5 Å². The van der Waals surface area contributed by atoms with Crippen LogP contribution in [0.5, 0.6) is 0 Å². The van der Waals surface area contributed by atoms with Gasteiger partial charge in [-0.1, -0.05) is 13.3 Å². The summed E-state index contributed by atoms with van der Waals surface area (Å²) in [4.78, 5) is 26.1. The predicted octanol–water partition coefficient (Wildman–Crippen LogP) is 1.37. The lowest BCUT2D eigenvalue weighted by atomic mass is 10.0. The third kappa shape index (κ3) is 3.62. The minimum Gasteiger partial charge on any atom is -0.481 e. The Bertz CT molecular complexity index is 351. The van der Waals surface area contributed by atoms with Crippen LogP contribution in [0.2, 0.25) is 0 Å². The van der Waals surface area contributed by atoms with Crippen LogP contribution in [0.15, 0.2) is 10.9 Å². The van der Waals surface area contributed by atoms with Crippen molar-refractivity contribution in [2.24, 2.45) is 5.92 Å². The first-order valence-electron chi connectivity index (χ1n) is 5.04. The Hall–Kier alpha value is -1.43. The molecule has 5 nitrogen and oxygen atoms in total. The second kappa shape index (κ2) is 6.22. The molecule has 0 spiro atoms. The Morgan fingerprint density at radius 2 is 2.38 bits per heavy atom. The van der Waals surface area contributed by atoms with Crippen molar-refractivity contribution < 1.29 is 14.7 Å². The maximum absolute atomic E-state index is 11.5. The van der Waals surface area contributed by atoms with Gasteiger partial charge in [-0.2, -0.15) is 0 Å². The summed E-state index contributed by atoms with van der Waals surface area (Å²) in [5.41, 5.74) is 1.90. The zero-order valence-corrected chi connectivity index (χ0v) is 9.79. The molecule has 1 amide bonds. The summed E-state index contributed by atoms with van der Waals surface area (Å²) in [6, 6.07) is 0. The molecule has 0 radical (unpaired) electrons. The second-order valence-corrected chi connectivity index (χ2v) is 4.13. The Labute approximate surface area is 97.5 Å². The molecule has 1 atom stereocenters. The summed E-state index contributed by atoms with van der Waals surface area (Å²) in [7, 11) is 0. The molecule has 1 heterocycles. The quantitative estimate of drug-likeness (QED) is 0.789. The van der Waals surface area contributed by atoms with Gasteiger partial charge in [0.1, 0.15) is 5.69 Å². The first-order chi connectivity index (χ1) is 7.65. The number of nitrogens with zero attached hydrogens (tertiary/aromatic N) is 1. The number of carbonyl (C=O) groups excluding carboxylic acids is 1. The van der Waals surface area contributed by atoms with E-state index in [9.17, 15) is 9.59 Å². The lowest BCUT2D eigenvalue weighted by Crippen LogP contribution is -2.33. The standard InChI is InChI=1S/C10H14N2O3S/c1-2-3-7(10(14)15)4-11-9(13)8-5-16-6-12-8/h5-7H,2-4H2,1H3,(H,11,13)(H,14,15). The van der Waals surface area contributed by atoms with Gasteiger partial charge in [-0.05, 0) is 6.42 Å². The van der Waals surface area contributed by atoms with Gasteiger partial charge in [0, 0.05) is 11.9 Å². The summed E-state index contributed by atoms with van der Waals surface area (Å²) < 4.78 is 0. The van der Waals surface area contributed by atoms with Crippen molar-refractivity contribution in [3.8, 4) is 0 Å². The maximum atomic E-state index is 11.5. The van der Waals surface area contributed by atoms with Gasteiger partial charge in [0.25, 0.3) is 5.91 Å². The van der Waals surface area contributed by atoms with Crippen LogP contribution < -0.4 is 5.32 Å². The van der Waals surface area contributed by atoms with Crippen LogP contribution in [0.25, 0.3) is 0 Å². The van der Waals surface area contributed by atoms with Crippen molar-refractivity contribution in [1.29, 1.82) is 0 Å². The van der Waals surface area contributed by atoms with Crippen LogP contribution in [0.1, 0.15) is 30.3 Å². The number of aliphatic carboxylic acids is 1. The van der Waals surface area contributed by atoms with Crippen molar-refractivity contribution in [2.75, 3.05) is 6.54 Å². The average molecular weight is 242 g/mol. The monoisotopic (exact) mass is 242 g/mol. The van der Waals surface area contributed by atoms with E-state index in [0.717, 1.165) is 6.42 Å². The highest BCUT2D eigenvalue weighted by Crippen LogP contribution is 2.06. The van der Waals surface area contributed by atoms with Crippen LogP contribution in [0, 0.1) is 5.92 Å². The summed E-state index contributed by atoms with van der Waals surface area (Å²) >= 11 is 1.33. The normalized spacial score (nSPS) is 12.1. The van der Waals surface area contributed by atoms with Crippen LogP contribution in [-0.2, 0) is 4.79 Å². The van der Waals surface area contributed by atoms with Gasteiger partial charge < -0.3 is 10.4 Å². The van der Waals surface area contributed by atoms with E-state index in [1.165, 1.54) is 11.3 Å². The predicted molar refractivity (Wildman–Crippen MR) is 60.5 cm³/mol. The highest BCUT2D eigenvalue weighted by molar-refractivity contribution is 7.07. The molecule has 1 aromatic heterocycles. The van der Waals surface area contributed by atoms with Crippen molar-refractivity contribution in [3.05, 3.63) is 16.6 Å². The molecule has 1 rings (SSSR count). The molecule has 6 heteroatoms. The molecule has 0 fully saturated rings. The molecule has 16 heavy (non-hydrogen) atoms. The molecule has 0 aliphatic rings. The number of nitrogens with one attached hydrogen (secondary N) is 1. The first kappa shape index (κ1) is 12.6. The molecule has 1 aromatic rings. The van der Waals surface area contributed by atoms with Gasteiger partial charge in [-0.3, -0.25) is 9.59 Å². The van der Waals surface area contributed by atoms with Gasteiger partial charge in [-0.25, -0.2) is 4.98 Å². The van der Waals surface area contributed by atoms with Gasteiger partial charge in [0.05, 0.1) is 11.4 Å². The topological polar surface area (TPSA) is 79.3 Å². The lowest BCUT2D eigenvalue weighted by Gasteiger charge is -2.11. The molecule has 0 aliphatic carbocycles. The van der Waals surface area contributed by atoms with E-state index in [1.54, 1.807) is 10.9 Å². The summed E-state index contributed by atoms with van der Waals surface area (Å²) in [5.74, 6) is -1.71. The van der Waals surface area contributed by atoms with E-state index in [4.69, 9.17) is 5.11 Å². The highest BCUT2D eigenvalue weighted by atomic mass is 32.1. The summed E-state index contributed by atoms with van der Waals surface area (Å²) in [6.07, 6.45) is 1.34. The maximum Gasteiger partial charge on any atom is 0.308 e. The number of amides is 1. The zero-order valence-electron chi connectivity index (χ0n) is 8.97. The molecular formula is C10H14N2O3S. The number of carbonyl (C=O) groups is 2. The number of carboxylic acids is 1. The first-order valence-corrected chi connectivity index (χ1v) is 5.98. The number of carboxylic acid groups (broad SMARTS) is 1. The Morgan fingerprint density at radius 1 is 1.62 bits per heavy atom. The van der Waals surface area contributed by atoms with Crippen LogP contribution in [0.4, 0.5) is 0 Å². The molecule has 0 bridgehead atoms. The second-order valence-electron chi connectivity index (χ2n) is 3.41. The minimum atomic E-state index is -0.875. The van der Waals surface area contributed by atoms with Gasteiger partial charge in [-0.15, -0.1) is 11.3 Å². The van der Waals surface area contributed by atoms with Crippen molar-refractivity contribution in [3.63, 3.8) is 0 Å². The smallest absolute Gasteiger partial charge is 0.308 e. The SMILES string of the molecule is CCCC(CNC(=O)c1cscn1)C(=O)O. The van der Waals surface area contributed by atoms with E-state index < -0.39 is 11.9 Å². The van der Waals surface area contributed by atoms with Crippen molar-refractivity contribution >= 4 is 23.2 Å². The summed E-state index contributed by atoms with van der Waals surface area (Å²) in [5, 5.41) is 13.1. The molecule has 1 unspecified atom stereocenters. The van der Waals surface area contributed by atoms with Gasteiger partial charge >= 0.3 is 5.97 Å². The van der Waals surface area contributed by atoms with Crippen LogP contribution >= 0.6 is 11.3 Å². The Morgan fingerprint density at radius 3 is 2.88 bits per heavy atom. The third-order valence-corrected chi connectivity index (χ3v) is 2.75. The number of rotatable bonds is 6. The van der Waals surface area contributed by atoms with E-state index >= 15 is 0 Å². The third-order valence-electron chi connectivity index (χ3n) is 2.16. The van der Waals surface area contributed by atoms with E-state index in [1.807, 2.05) is 6.92 Å². The number of thiazole rings is 1. The molecule has 0 aliphatic heterocycles. The fourth-order valence-corrected chi connectivity index (χ4v) is 1.82. The Balaban J connectivity index is 2.43.